The number of thiophene rings is 1. The predicted molar refractivity (Wildman–Crippen MR) is 123 cm³/mol. The molecule has 0 bridgehead atoms. The summed E-state index contributed by atoms with van der Waals surface area (Å²) in [4.78, 5) is 13.4. The Morgan fingerprint density at radius 3 is 2.61 bits per heavy atom. The molecule has 0 aliphatic carbocycles. The standard InChI is InChI=1S/C24H18O8S/c1-29-13-6-19(30-2)16-9-17(24(28)32-21(16)7-13)22-3-11(10-33-22)14-8-15-18(26)4-12(25)5-20(15)31-23(14)27/h3-10,23,25-27H,1-2H3. The summed E-state index contributed by atoms with van der Waals surface area (Å²) in [7, 11) is 3.03. The molecule has 1 aliphatic heterocycles. The van der Waals surface area contributed by atoms with E-state index < -0.39 is 11.9 Å². The normalized spacial score (nSPS) is 15.0. The van der Waals surface area contributed by atoms with Gasteiger partial charge in [0.1, 0.15) is 34.3 Å². The molecule has 4 aromatic rings. The highest BCUT2D eigenvalue weighted by Gasteiger charge is 2.26. The van der Waals surface area contributed by atoms with Gasteiger partial charge in [0.05, 0.1) is 30.7 Å². The Bertz CT molecular complexity index is 1480. The molecule has 3 heterocycles. The fraction of sp³-hybridized carbons (Fsp3) is 0.125. The lowest BCUT2D eigenvalue weighted by Gasteiger charge is -2.23. The van der Waals surface area contributed by atoms with Crippen molar-refractivity contribution in [3.05, 3.63) is 63.3 Å². The van der Waals surface area contributed by atoms with Crippen molar-refractivity contribution in [1.29, 1.82) is 0 Å². The molecular formula is C24H18O8S. The van der Waals surface area contributed by atoms with Gasteiger partial charge in [0.2, 0.25) is 6.29 Å². The van der Waals surface area contributed by atoms with Gasteiger partial charge in [-0.3, -0.25) is 0 Å². The van der Waals surface area contributed by atoms with Crippen LogP contribution in [-0.2, 0) is 0 Å². The average molecular weight is 466 g/mol. The molecular weight excluding hydrogens is 448 g/mol. The molecule has 3 N–H and O–H groups in total. The number of aromatic hydroxyl groups is 2. The van der Waals surface area contributed by atoms with Gasteiger partial charge in [-0.2, -0.15) is 0 Å². The topological polar surface area (TPSA) is 119 Å². The van der Waals surface area contributed by atoms with Crippen LogP contribution in [0.3, 0.4) is 0 Å². The minimum absolute atomic E-state index is 0.164. The number of methoxy groups -OCH3 is 2. The fourth-order valence-corrected chi connectivity index (χ4v) is 4.65. The van der Waals surface area contributed by atoms with Crippen LogP contribution in [0.15, 0.2) is 51.0 Å². The number of aliphatic hydroxyl groups excluding tert-OH is 1. The van der Waals surface area contributed by atoms with E-state index in [2.05, 4.69) is 0 Å². The van der Waals surface area contributed by atoms with Crippen LogP contribution in [0.1, 0.15) is 11.1 Å². The first-order chi connectivity index (χ1) is 15.9. The van der Waals surface area contributed by atoms with Crippen molar-refractivity contribution in [2.24, 2.45) is 0 Å². The number of fused-ring (bicyclic) bond motifs is 2. The van der Waals surface area contributed by atoms with Gasteiger partial charge in [0.15, 0.2) is 0 Å². The van der Waals surface area contributed by atoms with Gasteiger partial charge in [-0.1, -0.05) is 0 Å². The fourth-order valence-electron chi connectivity index (χ4n) is 3.73. The number of hydrogen-bond donors (Lipinski definition) is 3. The van der Waals surface area contributed by atoms with E-state index in [9.17, 15) is 20.1 Å². The highest BCUT2D eigenvalue weighted by atomic mass is 32.1. The Morgan fingerprint density at radius 2 is 1.85 bits per heavy atom. The summed E-state index contributed by atoms with van der Waals surface area (Å²) in [5.41, 5.74) is 1.50. The van der Waals surface area contributed by atoms with Gasteiger partial charge in [-0.25, -0.2) is 4.79 Å². The van der Waals surface area contributed by atoms with Crippen molar-refractivity contribution >= 4 is 34.0 Å². The van der Waals surface area contributed by atoms with E-state index in [1.165, 1.54) is 37.7 Å². The Kier molecular flexibility index (Phi) is 4.99. The number of phenols is 2. The van der Waals surface area contributed by atoms with Gasteiger partial charge < -0.3 is 33.9 Å². The van der Waals surface area contributed by atoms with Gasteiger partial charge in [0.25, 0.3) is 0 Å². The summed E-state index contributed by atoms with van der Waals surface area (Å²) in [6, 6.07) is 9.25. The second-order valence-corrected chi connectivity index (χ2v) is 8.25. The van der Waals surface area contributed by atoms with Crippen LogP contribution in [0, 0.1) is 0 Å². The highest BCUT2D eigenvalue weighted by Crippen LogP contribution is 2.42. The van der Waals surface area contributed by atoms with Crippen molar-refractivity contribution < 1.29 is 33.9 Å². The molecule has 0 amide bonds. The molecule has 2 aromatic carbocycles. The third-order valence-electron chi connectivity index (χ3n) is 5.35. The van der Waals surface area contributed by atoms with E-state index in [4.69, 9.17) is 18.6 Å². The average Bonchev–Trinajstić information content (AvgIpc) is 3.26. The molecule has 1 atom stereocenters. The third-order valence-corrected chi connectivity index (χ3v) is 6.32. The second kappa shape index (κ2) is 7.88. The Hall–Kier alpha value is -3.95. The molecule has 9 heteroatoms. The van der Waals surface area contributed by atoms with Crippen LogP contribution in [0.2, 0.25) is 0 Å². The summed E-state index contributed by atoms with van der Waals surface area (Å²) in [5.74, 6) is 0.813. The van der Waals surface area contributed by atoms with Crippen LogP contribution in [0.5, 0.6) is 28.7 Å². The van der Waals surface area contributed by atoms with Crippen LogP contribution < -0.4 is 19.8 Å². The van der Waals surface area contributed by atoms with Gasteiger partial charge >= 0.3 is 5.63 Å². The number of phenolic OH excluding ortho intramolecular Hbond substituents is 2. The van der Waals surface area contributed by atoms with Gasteiger partial charge in [0, 0.05) is 34.7 Å². The number of aliphatic hydroxyl groups is 1. The largest absolute Gasteiger partial charge is 0.508 e. The van der Waals surface area contributed by atoms with E-state index in [-0.39, 0.29) is 17.2 Å². The zero-order chi connectivity index (χ0) is 23.3. The monoisotopic (exact) mass is 466 g/mol. The Morgan fingerprint density at radius 1 is 1.03 bits per heavy atom. The molecule has 1 aliphatic rings. The van der Waals surface area contributed by atoms with Crippen LogP contribution in [-0.4, -0.2) is 35.8 Å². The number of ether oxygens (including phenoxy) is 3. The molecule has 0 saturated heterocycles. The zero-order valence-electron chi connectivity index (χ0n) is 17.5. The maximum Gasteiger partial charge on any atom is 0.345 e. The predicted octanol–water partition coefficient (Wildman–Crippen LogP) is 4.20. The number of rotatable bonds is 4. The summed E-state index contributed by atoms with van der Waals surface area (Å²) in [6.07, 6.45) is 0.268. The van der Waals surface area contributed by atoms with Crippen LogP contribution in [0.4, 0.5) is 0 Å². The molecule has 0 radical (unpaired) electrons. The lowest BCUT2D eigenvalue weighted by Crippen LogP contribution is -2.20. The number of hydrogen-bond acceptors (Lipinski definition) is 9. The van der Waals surface area contributed by atoms with Crippen molar-refractivity contribution in [3.8, 4) is 39.2 Å². The van der Waals surface area contributed by atoms with Crippen LogP contribution >= 0.6 is 11.3 Å². The van der Waals surface area contributed by atoms with Gasteiger partial charge in [-0.05, 0) is 29.2 Å². The minimum Gasteiger partial charge on any atom is -0.508 e. The number of benzene rings is 2. The van der Waals surface area contributed by atoms with E-state index in [0.717, 1.165) is 0 Å². The molecule has 33 heavy (non-hydrogen) atoms. The molecule has 1 unspecified atom stereocenters. The summed E-state index contributed by atoms with van der Waals surface area (Å²) >= 11 is 1.29. The van der Waals surface area contributed by atoms with Crippen molar-refractivity contribution in [2.75, 3.05) is 14.2 Å². The lowest BCUT2D eigenvalue weighted by atomic mass is 10.00. The Balaban J connectivity index is 1.59. The van der Waals surface area contributed by atoms with E-state index in [1.807, 2.05) is 0 Å². The third kappa shape index (κ3) is 3.57. The second-order valence-electron chi connectivity index (χ2n) is 7.34. The summed E-state index contributed by atoms with van der Waals surface area (Å²) in [6.45, 7) is 0. The quantitative estimate of drug-likeness (QED) is 0.383. The molecule has 0 saturated carbocycles. The van der Waals surface area contributed by atoms with E-state index in [0.29, 0.717) is 49.6 Å². The maximum absolute atomic E-state index is 12.7. The highest BCUT2D eigenvalue weighted by molar-refractivity contribution is 7.13. The molecule has 5 rings (SSSR count). The first-order valence-corrected chi connectivity index (χ1v) is 10.7. The summed E-state index contributed by atoms with van der Waals surface area (Å²) in [5, 5.41) is 32.7. The lowest BCUT2D eigenvalue weighted by molar-refractivity contribution is 0.0317. The minimum atomic E-state index is -1.32. The molecule has 0 spiro atoms. The van der Waals surface area contributed by atoms with Gasteiger partial charge in [-0.15, -0.1) is 11.3 Å². The SMILES string of the molecule is COc1cc(OC)c2cc(-c3cc(C4=Cc5c(O)cc(O)cc5OC4O)cs3)c(=O)oc2c1. The smallest absolute Gasteiger partial charge is 0.345 e. The molecule has 2 aromatic heterocycles. The molecule has 168 valence electrons. The first kappa shape index (κ1) is 20.9. The van der Waals surface area contributed by atoms with E-state index in [1.54, 1.807) is 35.7 Å². The van der Waals surface area contributed by atoms with Crippen molar-refractivity contribution in [2.45, 2.75) is 6.29 Å². The first-order valence-electron chi connectivity index (χ1n) is 9.79. The van der Waals surface area contributed by atoms with Crippen molar-refractivity contribution in [1.82, 2.24) is 0 Å². The Labute approximate surface area is 191 Å². The van der Waals surface area contributed by atoms with E-state index >= 15 is 0 Å². The zero-order valence-corrected chi connectivity index (χ0v) is 18.3. The summed E-state index contributed by atoms with van der Waals surface area (Å²) < 4.78 is 21.7. The molecule has 8 nitrogen and oxygen atoms in total. The van der Waals surface area contributed by atoms with Crippen LogP contribution in [0.25, 0.3) is 33.1 Å². The maximum atomic E-state index is 12.7. The van der Waals surface area contributed by atoms with Crippen molar-refractivity contribution in [3.63, 3.8) is 0 Å². The molecule has 0 fully saturated rings.